The van der Waals surface area contributed by atoms with E-state index in [4.69, 9.17) is 10.5 Å². The van der Waals surface area contributed by atoms with E-state index >= 15 is 0 Å². The van der Waals surface area contributed by atoms with Crippen molar-refractivity contribution in [3.63, 3.8) is 0 Å². The maximum atomic E-state index is 6.40. The summed E-state index contributed by atoms with van der Waals surface area (Å²) in [5.74, 6) is 0.718. The topological polar surface area (TPSA) is 70.9 Å². The molecule has 0 saturated heterocycles. The van der Waals surface area contributed by atoms with E-state index in [-0.39, 0.29) is 6.04 Å². The summed E-state index contributed by atoms with van der Waals surface area (Å²) < 4.78 is 9.15. The van der Waals surface area contributed by atoms with Crippen molar-refractivity contribution in [2.24, 2.45) is 5.73 Å². The standard InChI is InChI=1S/C13H21N5O/c1-5-17-10(7-9(3)16-17)12(14)13-11(19-4)8-15-18(13)6-2/h7-8,12H,5-6,14H2,1-4H3. The van der Waals surface area contributed by atoms with E-state index in [1.165, 1.54) is 0 Å². The molecule has 6 nitrogen and oxygen atoms in total. The first-order valence-electron chi connectivity index (χ1n) is 6.51. The summed E-state index contributed by atoms with van der Waals surface area (Å²) in [5, 5.41) is 8.73. The first-order valence-corrected chi connectivity index (χ1v) is 6.51. The monoisotopic (exact) mass is 263 g/mol. The predicted molar refractivity (Wildman–Crippen MR) is 73.1 cm³/mol. The quantitative estimate of drug-likeness (QED) is 0.887. The second-order valence-corrected chi connectivity index (χ2v) is 4.42. The van der Waals surface area contributed by atoms with Crippen LogP contribution in [0.25, 0.3) is 0 Å². The van der Waals surface area contributed by atoms with Crippen LogP contribution >= 0.6 is 0 Å². The number of hydrogen-bond acceptors (Lipinski definition) is 4. The lowest BCUT2D eigenvalue weighted by atomic mass is 10.1. The molecule has 0 aromatic carbocycles. The Bertz CT molecular complexity index is 536. The molecule has 0 fully saturated rings. The third kappa shape index (κ3) is 2.35. The number of rotatable bonds is 5. The van der Waals surface area contributed by atoms with Crippen molar-refractivity contribution >= 4 is 0 Å². The zero-order valence-electron chi connectivity index (χ0n) is 11.9. The lowest BCUT2D eigenvalue weighted by Gasteiger charge is -2.16. The molecule has 2 aromatic heterocycles. The zero-order chi connectivity index (χ0) is 14.0. The zero-order valence-corrected chi connectivity index (χ0v) is 11.9. The van der Waals surface area contributed by atoms with Crippen molar-refractivity contribution in [2.75, 3.05) is 7.11 Å². The van der Waals surface area contributed by atoms with Gasteiger partial charge in [0, 0.05) is 13.1 Å². The third-order valence-electron chi connectivity index (χ3n) is 3.21. The van der Waals surface area contributed by atoms with E-state index < -0.39 is 0 Å². The highest BCUT2D eigenvalue weighted by molar-refractivity contribution is 5.34. The van der Waals surface area contributed by atoms with Crippen molar-refractivity contribution in [3.8, 4) is 5.75 Å². The molecule has 2 rings (SSSR count). The first kappa shape index (κ1) is 13.6. The van der Waals surface area contributed by atoms with Gasteiger partial charge < -0.3 is 10.5 Å². The van der Waals surface area contributed by atoms with Crippen LogP contribution in [0.5, 0.6) is 5.75 Å². The van der Waals surface area contributed by atoms with Crippen molar-refractivity contribution in [1.82, 2.24) is 19.6 Å². The largest absolute Gasteiger partial charge is 0.493 e. The fourth-order valence-electron chi connectivity index (χ4n) is 2.31. The molecule has 0 saturated carbocycles. The van der Waals surface area contributed by atoms with Crippen molar-refractivity contribution in [1.29, 1.82) is 0 Å². The summed E-state index contributed by atoms with van der Waals surface area (Å²) in [6.45, 7) is 7.60. The van der Waals surface area contributed by atoms with Crippen LogP contribution < -0.4 is 10.5 Å². The van der Waals surface area contributed by atoms with Crippen LogP contribution in [0.2, 0.25) is 0 Å². The molecular weight excluding hydrogens is 242 g/mol. The van der Waals surface area contributed by atoms with Gasteiger partial charge in [0.1, 0.15) is 5.69 Å². The number of aryl methyl sites for hydroxylation is 3. The van der Waals surface area contributed by atoms with Gasteiger partial charge in [0.2, 0.25) is 0 Å². The minimum atomic E-state index is -0.293. The molecule has 19 heavy (non-hydrogen) atoms. The average Bonchev–Trinajstić information content (AvgIpc) is 3.00. The first-order chi connectivity index (χ1) is 9.12. The number of aromatic nitrogens is 4. The van der Waals surface area contributed by atoms with Gasteiger partial charge in [-0.15, -0.1) is 0 Å². The van der Waals surface area contributed by atoms with Gasteiger partial charge in [-0.25, -0.2) is 0 Å². The molecule has 0 amide bonds. The van der Waals surface area contributed by atoms with Crippen LogP contribution in [0.15, 0.2) is 12.3 Å². The number of methoxy groups -OCH3 is 1. The third-order valence-corrected chi connectivity index (χ3v) is 3.21. The van der Waals surface area contributed by atoms with Gasteiger partial charge in [-0.2, -0.15) is 10.2 Å². The second-order valence-electron chi connectivity index (χ2n) is 4.42. The van der Waals surface area contributed by atoms with E-state index in [2.05, 4.69) is 17.1 Å². The normalized spacial score (nSPS) is 12.7. The number of ether oxygens (including phenoxy) is 1. The molecule has 0 aliphatic rings. The summed E-state index contributed by atoms with van der Waals surface area (Å²) in [5.41, 5.74) is 9.24. The van der Waals surface area contributed by atoms with Crippen molar-refractivity contribution < 1.29 is 4.74 Å². The van der Waals surface area contributed by atoms with Gasteiger partial charge in [0.15, 0.2) is 5.75 Å². The molecule has 104 valence electrons. The highest BCUT2D eigenvalue weighted by Crippen LogP contribution is 2.28. The summed E-state index contributed by atoms with van der Waals surface area (Å²) in [6.07, 6.45) is 1.71. The molecule has 1 atom stereocenters. The van der Waals surface area contributed by atoms with Crippen LogP contribution in [-0.4, -0.2) is 26.7 Å². The Morgan fingerprint density at radius 2 is 2.00 bits per heavy atom. The molecular formula is C13H21N5O. The van der Waals surface area contributed by atoms with E-state index in [0.29, 0.717) is 0 Å². The Labute approximate surface area is 113 Å². The van der Waals surface area contributed by atoms with E-state index in [9.17, 15) is 0 Å². The maximum Gasteiger partial charge on any atom is 0.161 e. The van der Waals surface area contributed by atoms with Gasteiger partial charge in [-0.05, 0) is 26.8 Å². The smallest absolute Gasteiger partial charge is 0.161 e. The second kappa shape index (κ2) is 5.44. The number of hydrogen-bond donors (Lipinski definition) is 1. The minimum Gasteiger partial charge on any atom is -0.493 e. The van der Waals surface area contributed by atoms with Gasteiger partial charge in [0.05, 0.1) is 30.7 Å². The van der Waals surface area contributed by atoms with E-state index in [1.54, 1.807) is 13.3 Å². The average molecular weight is 263 g/mol. The fraction of sp³-hybridized carbons (Fsp3) is 0.538. The Kier molecular flexibility index (Phi) is 3.90. The summed E-state index contributed by atoms with van der Waals surface area (Å²) in [4.78, 5) is 0. The summed E-state index contributed by atoms with van der Waals surface area (Å²) >= 11 is 0. The molecule has 0 bridgehead atoms. The number of nitrogens with zero attached hydrogens (tertiary/aromatic N) is 4. The van der Waals surface area contributed by atoms with Crippen molar-refractivity contribution in [2.45, 2.75) is 39.9 Å². The van der Waals surface area contributed by atoms with E-state index in [0.717, 1.165) is 35.9 Å². The molecule has 6 heteroatoms. The highest BCUT2D eigenvalue weighted by atomic mass is 16.5. The molecule has 2 heterocycles. The van der Waals surface area contributed by atoms with Crippen LogP contribution in [-0.2, 0) is 13.1 Å². The molecule has 1 unspecified atom stereocenters. The predicted octanol–water partition coefficient (Wildman–Crippen LogP) is 1.48. The van der Waals surface area contributed by atoms with Crippen LogP contribution in [0.1, 0.15) is 37.0 Å². The fourth-order valence-corrected chi connectivity index (χ4v) is 2.31. The van der Waals surface area contributed by atoms with Crippen LogP contribution in [0.3, 0.4) is 0 Å². The molecule has 0 radical (unpaired) electrons. The molecule has 0 spiro atoms. The highest BCUT2D eigenvalue weighted by Gasteiger charge is 2.23. The Morgan fingerprint density at radius 1 is 1.32 bits per heavy atom. The lowest BCUT2D eigenvalue weighted by Crippen LogP contribution is -2.21. The molecule has 0 aliphatic carbocycles. The maximum absolute atomic E-state index is 6.40. The van der Waals surface area contributed by atoms with Crippen LogP contribution in [0.4, 0.5) is 0 Å². The van der Waals surface area contributed by atoms with Gasteiger partial charge in [0.25, 0.3) is 0 Å². The number of nitrogens with two attached hydrogens (primary N) is 1. The Hall–Kier alpha value is -1.82. The van der Waals surface area contributed by atoms with Gasteiger partial charge >= 0.3 is 0 Å². The molecule has 2 N–H and O–H groups in total. The Morgan fingerprint density at radius 3 is 2.58 bits per heavy atom. The molecule has 2 aromatic rings. The SMILES string of the molecule is CCn1nc(C)cc1C(N)c1c(OC)cnn1CC. The van der Waals surface area contributed by atoms with Crippen LogP contribution in [0, 0.1) is 6.92 Å². The minimum absolute atomic E-state index is 0.293. The molecule has 0 aliphatic heterocycles. The summed E-state index contributed by atoms with van der Waals surface area (Å²) in [6, 6.07) is 1.72. The lowest BCUT2D eigenvalue weighted by molar-refractivity contribution is 0.403. The van der Waals surface area contributed by atoms with Gasteiger partial charge in [-0.3, -0.25) is 9.36 Å². The van der Waals surface area contributed by atoms with E-state index in [1.807, 2.05) is 29.3 Å². The Balaban J connectivity index is 2.48. The summed E-state index contributed by atoms with van der Waals surface area (Å²) in [7, 11) is 1.63. The van der Waals surface area contributed by atoms with Gasteiger partial charge in [-0.1, -0.05) is 0 Å². The van der Waals surface area contributed by atoms with Crippen molar-refractivity contribution in [3.05, 3.63) is 29.3 Å².